The molecule has 194 valence electrons. The van der Waals surface area contributed by atoms with E-state index in [4.69, 9.17) is 0 Å². The van der Waals surface area contributed by atoms with Gasteiger partial charge in [0.1, 0.15) is 12.3 Å². The van der Waals surface area contributed by atoms with E-state index in [1.807, 2.05) is 41.5 Å². The maximum absolute atomic E-state index is 12.8. The minimum Gasteiger partial charge on any atom is -0.247 e. The Morgan fingerprint density at radius 1 is 0.484 bits per heavy atom. The molecule has 2 unspecified atom stereocenters. The van der Waals surface area contributed by atoms with Crippen molar-refractivity contribution in [3.8, 4) is 0 Å². The third-order valence-corrected chi connectivity index (χ3v) is 8.24. The molecule has 0 saturated carbocycles. The first-order valence-corrected chi connectivity index (χ1v) is 13.1. The predicted molar refractivity (Wildman–Crippen MR) is 143 cm³/mol. The quantitative estimate of drug-likeness (QED) is 0.345. The molecule has 2 heteroatoms. The van der Waals surface area contributed by atoms with Crippen LogP contribution in [0.4, 0.5) is 8.78 Å². The maximum Gasteiger partial charge on any atom is 0.103 e. The summed E-state index contributed by atoms with van der Waals surface area (Å²) >= 11 is 0. The number of hydrogen-bond donors (Lipinski definition) is 0. The van der Waals surface area contributed by atoms with Gasteiger partial charge in [0.15, 0.2) is 0 Å². The van der Waals surface area contributed by atoms with Crippen molar-refractivity contribution < 1.29 is 8.78 Å². The summed E-state index contributed by atoms with van der Waals surface area (Å²) in [6.07, 6.45) is 7.04. The molecule has 0 aliphatic rings. The summed E-state index contributed by atoms with van der Waals surface area (Å²) in [5, 5.41) is 0. The Labute approximate surface area is 198 Å². The van der Waals surface area contributed by atoms with Crippen molar-refractivity contribution in [1.82, 2.24) is 0 Å². The zero-order valence-corrected chi connectivity index (χ0v) is 24.9. The van der Waals surface area contributed by atoms with Crippen molar-refractivity contribution in [2.24, 2.45) is 21.7 Å². The van der Waals surface area contributed by atoms with Gasteiger partial charge in [0.25, 0.3) is 0 Å². The van der Waals surface area contributed by atoms with Gasteiger partial charge in [-0.1, -0.05) is 129 Å². The number of hydrogen-bond acceptors (Lipinski definition) is 0. The molecule has 0 aliphatic carbocycles. The summed E-state index contributed by atoms with van der Waals surface area (Å²) in [6, 6.07) is 0. The summed E-state index contributed by atoms with van der Waals surface area (Å²) in [5.74, 6) is 0. The van der Waals surface area contributed by atoms with Crippen molar-refractivity contribution in [2.75, 3.05) is 0 Å². The van der Waals surface area contributed by atoms with Gasteiger partial charge in [0.05, 0.1) is 0 Å². The Bertz CT molecular complexity index is 349. The summed E-state index contributed by atoms with van der Waals surface area (Å²) < 4.78 is 25.0. The molecular weight excluding hydrogens is 386 g/mol. The Kier molecular flexibility index (Phi) is 22.5. The van der Waals surface area contributed by atoms with Crippen LogP contribution in [-0.4, -0.2) is 12.3 Å². The second kappa shape index (κ2) is 18.3. The highest BCUT2D eigenvalue weighted by Gasteiger charge is 2.26. The van der Waals surface area contributed by atoms with Crippen LogP contribution in [0.1, 0.15) is 156 Å². The van der Waals surface area contributed by atoms with Crippen molar-refractivity contribution >= 4 is 0 Å². The zero-order valence-electron chi connectivity index (χ0n) is 24.9. The predicted octanol–water partition coefficient (Wildman–Crippen LogP) is 11.6. The van der Waals surface area contributed by atoms with Crippen LogP contribution < -0.4 is 0 Å². The molecule has 2 atom stereocenters. The lowest BCUT2D eigenvalue weighted by Crippen LogP contribution is -2.24. The van der Waals surface area contributed by atoms with Crippen molar-refractivity contribution in [3.05, 3.63) is 0 Å². The smallest absolute Gasteiger partial charge is 0.103 e. The van der Waals surface area contributed by atoms with E-state index in [1.54, 1.807) is 13.8 Å². The molecule has 0 aromatic carbocycles. The molecule has 0 radical (unpaired) electrons. The van der Waals surface area contributed by atoms with E-state index >= 15 is 0 Å². The van der Waals surface area contributed by atoms with Gasteiger partial charge in [-0.25, -0.2) is 8.78 Å². The molecular formula is C29H64F2. The number of rotatable bonds is 8. The topological polar surface area (TPSA) is 0 Å². The first-order chi connectivity index (χ1) is 13.8. The summed E-state index contributed by atoms with van der Waals surface area (Å²) in [5.41, 5.74) is 0.958. The third-order valence-electron chi connectivity index (χ3n) is 8.24. The number of alkyl halides is 2. The van der Waals surface area contributed by atoms with Gasteiger partial charge in [-0.3, -0.25) is 0 Å². The van der Waals surface area contributed by atoms with Crippen LogP contribution in [0.25, 0.3) is 0 Å². The molecule has 0 rings (SSSR count). The second-order valence-corrected chi connectivity index (χ2v) is 11.7. The van der Waals surface area contributed by atoms with Gasteiger partial charge in [-0.05, 0) is 48.3 Å². The fourth-order valence-electron chi connectivity index (χ4n) is 1.81. The Balaban J connectivity index is -0.000000158. The molecule has 0 bridgehead atoms. The molecule has 0 spiro atoms. The van der Waals surface area contributed by atoms with Crippen LogP contribution in [-0.2, 0) is 0 Å². The van der Waals surface area contributed by atoms with Gasteiger partial charge in [-0.15, -0.1) is 0 Å². The lowest BCUT2D eigenvalue weighted by Gasteiger charge is -2.27. The van der Waals surface area contributed by atoms with Gasteiger partial charge >= 0.3 is 0 Å². The lowest BCUT2D eigenvalue weighted by atomic mass is 9.81. The summed E-state index contributed by atoms with van der Waals surface area (Å²) in [4.78, 5) is 0. The average molecular weight is 451 g/mol. The summed E-state index contributed by atoms with van der Waals surface area (Å²) in [6.45, 7) is 33.2. The Morgan fingerprint density at radius 3 is 0.742 bits per heavy atom. The normalized spacial score (nSPS) is 14.1. The highest BCUT2D eigenvalue weighted by molar-refractivity contribution is 4.76. The second-order valence-electron chi connectivity index (χ2n) is 11.7. The van der Waals surface area contributed by atoms with Crippen LogP contribution in [0.2, 0.25) is 0 Å². The highest BCUT2D eigenvalue weighted by atomic mass is 19.1. The molecule has 0 aromatic rings. The highest BCUT2D eigenvalue weighted by Crippen LogP contribution is 2.31. The molecule has 0 aliphatic heterocycles. The minimum atomic E-state index is -0.701. The third kappa shape index (κ3) is 21.5. The monoisotopic (exact) mass is 450 g/mol. The first-order valence-electron chi connectivity index (χ1n) is 13.1. The zero-order chi connectivity index (χ0) is 26.1. The van der Waals surface area contributed by atoms with Crippen LogP contribution in [0.5, 0.6) is 0 Å². The molecule has 31 heavy (non-hydrogen) atoms. The maximum atomic E-state index is 12.8. The van der Waals surface area contributed by atoms with E-state index in [0.717, 1.165) is 12.8 Å². The fraction of sp³-hybridized carbons (Fsp3) is 1.00. The lowest BCUT2D eigenvalue weighted by molar-refractivity contribution is 0.129. The van der Waals surface area contributed by atoms with Crippen LogP contribution >= 0.6 is 0 Å². The van der Waals surface area contributed by atoms with E-state index in [0.29, 0.717) is 10.8 Å². The molecule has 0 fully saturated rings. The summed E-state index contributed by atoms with van der Waals surface area (Å²) in [7, 11) is 0. The van der Waals surface area contributed by atoms with Crippen LogP contribution in [0.15, 0.2) is 0 Å². The van der Waals surface area contributed by atoms with Crippen LogP contribution in [0, 0.1) is 21.7 Å². The SMILES string of the molecule is CC(F)C(C)(C)C.CCC(C)(C)CC.CCC(C)(CC)C(C)F.CCC(C)(CC)CC. The molecule has 0 nitrogen and oxygen atoms in total. The largest absolute Gasteiger partial charge is 0.247 e. The molecule has 0 aromatic heterocycles. The van der Waals surface area contributed by atoms with Gasteiger partial charge < -0.3 is 0 Å². The van der Waals surface area contributed by atoms with Crippen LogP contribution in [0.3, 0.4) is 0 Å². The molecule has 0 amide bonds. The Hall–Kier alpha value is -0.140. The van der Waals surface area contributed by atoms with Gasteiger partial charge in [-0.2, -0.15) is 0 Å². The fourth-order valence-corrected chi connectivity index (χ4v) is 1.81. The number of halogens is 2. The Morgan fingerprint density at radius 2 is 0.742 bits per heavy atom. The van der Waals surface area contributed by atoms with Crippen molar-refractivity contribution in [2.45, 2.75) is 168 Å². The van der Waals surface area contributed by atoms with E-state index in [2.05, 4.69) is 55.4 Å². The standard InChI is InChI=1S/C8H17F.C8H18.C7H16.C6H13F/c1-5-8(4,6-2)7(3)9;1-5-8(4,6-2)7-3;1-5-7(3,4)6-2;1-5(7)6(2,3)4/h7H,5-6H2,1-4H3;5-7H2,1-4H3;5-6H2,1-4H3;5H,1-4H3. The minimum absolute atomic E-state index is 0.0833. The van der Waals surface area contributed by atoms with E-state index in [1.165, 1.54) is 32.1 Å². The molecule has 0 heterocycles. The van der Waals surface area contributed by atoms with Crippen molar-refractivity contribution in [3.63, 3.8) is 0 Å². The molecule has 0 saturated heterocycles. The van der Waals surface area contributed by atoms with Gasteiger partial charge in [0.2, 0.25) is 0 Å². The van der Waals surface area contributed by atoms with Gasteiger partial charge in [0, 0.05) is 0 Å². The van der Waals surface area contributed by atoms with E-state index in [-0.39, 0.29) is 10.8 Å². The van der Waals surface area contributed by atoms with Crippen molar-refractivity contribution in [1.29, 1.82) is 0 Å². The first kappa shape index (κ1) is 38.1. The van der Waals surface area contributed by atoms with E-state index < -0.39 is 12.3 Å². The van der Waals surface area contributed by atoms with E-state index in [9.17, 15) is 8.78 Å². The molecule has 0 N–H and O–H groups in total. The average Bonchev–Trinajstić information content (AvgIpc) is 2.73.